The van der Waals surface area contributed by atoms with Crippen molar-refractivity contribution in [2.24, 2.45) is 0 Å². The van der Waals surface area contributed by atoms with Crippen molar-refractivity contribution in [2.75, 3.05) is 6.61 Å². The Morgan fingerprint density at radius 1 is 1.17 bits per heavy atom. The molecular weight excluding hydrogens is 374 g/mol. The summed E-state index contributed by atoms with van der Waals surface area (Å²) in [5.41, 5.74) is 3.00. The molecule has 0 saturated carbocycles. The van der Waals surface area contributed by atoms with E-state index >= 15 is 0 Å². The molecule has 3 N–H and O–H groups in total. The van der Waals surface area contributed by atoms with E-state index in [4.69, 9.17) is 4.74 Å². The molecule has 0 saturated heterocycles. The molecule has 146 valence electrons. The molecule has 4 aromatic rings. The first kappa shape index (κ1) is 18.4. The molecule has 2 heterocycles. The lowest BCUT2D eigenvalue weighted by Gasteiger charge is -2.14. The minimum atomic E-state index is -0.978. The first-order valence-corrected chi connectivity index (χ1v) is 8.91. The van der Waals surface area contributed by atoms with Crippen LogP contribution in [0.4, 0.5) is 0 Å². The number of aromatic carboxylic acids is 1. The second-order valence-electron chi connectivity index (χ2n) is 6.34. The Kier molecular flexibility index (Phi) is 4.55. The second kappa shape index (κ2) is 7.19. The summed E-state index contributed by atoms with van der Waals surface area (Å²) < 4.78 is 5.78. The number of ether oxygens (including phenoxy) is 1. The molecule has 2 aromatic heterocycles. The topological polar surface area (TPSA) is 134 Å². The van der Waals surface area contributed by atoms with Gasteiger partial charge in [-0.15, -0.1) is 10.2 Å². The highest BCUT2D eigenvalue weighted by Crippen LogP contribution is 2.34. The highest BCUT2D eigenvalue weighted by atomic mass is 16.5. The summed E-state index contributed by atoms with van der Waals surface area (Å²) in [5, 5.41) is 19.4. The van der Waals surface area contributed by atoms with Gasteiger partial charge >= 0.3 is 5.97 Å². The fourth-order valence-electron chi connectivity index (χ4n) is 3.22. The zero-order valence-corrected chi connectivity index (χ0v) is 15.7. The number of hydrogen-bond acceptors (Lipinski definition) is 6. The van der Waals surface area contributed by atoms with E-state index in [1.54, 1.807) is 31.2 Å². The van der Waals surface area contributed by atoms with Crippen molar-refractivity contribution in [3.05, 3.63) is 57.9 Å². The lowest BCUT2D eigenvalue weighted by atomic mass is 9.95. The van der Waals surface area contributed by atoms with E-state index in [0.717, 1.165) is 11.1 Å². The van der Waals surface area contributed by atoms with Crippen molar-refractivity contribution in [2.45, 2.75) is 13.8 Å². The Hall–Kier alpha value is -4.01. The molecule has 0 atom stereocenters. The smallest absolute Gasteiger partial charge is 0.335 e. The average Bonchev–Trinajstić information content (AvgIpc) is 3.17. The van der Waals surface area contributed by atoms with Crippen LogP contribution in [-0.2, 0) is 0 Å². The van der Waals surface area contributed by atoms with Crippen molar-refractivity contribution in [1.29, 1.82) is 0 Å². The van der Waals surface area contributed by atoms with Gasteiger partial charge in [-0.1, -0.05) is 18.2 Å². The standard InChI is InChI=1S/C20H17N5O4/c1-3-29-15-9-11(12-5-4-6-13(10(12)2)20(27)28)7-8-14(15)17-21-18-16(19(26)22-17)23-25-24-18/h4-9H,3H2,1-2H3,(H,27,28)(H2,21,22,23,24,25,26). The van der Waals surface area contributed by atoms with Crippen molar-refractivity contribution in [1.82, 2.24) is 25.4 Å². The van der Waals surface area contributed by atoms with E-state index in [1.165, 1.54) is 0 Å². The van der Waals surface area contributed by atoms with Gasteiger partial charge in [0.1, 0.15) is 11.6 Å². The molecule has 0 amide bonds. The van der Waals surface area contributed by atoms with Gasteiger partial charge in [0.25, 0.3) is 5.56 Å². The molecule has 4 rings (SSSR count). The molecule has 0 spiro atoms. The Morgan fingerprint density at radius 2 is 2.00 bits per heavy atom. The molecule has 9 nitrogen and oxygen atoms in total. The van der Waals surface area contributed by atoms with Crippen molar-refractivity contribution >= 4 is 17.1 Å². The van der Waals surface area contributed by atoms with Crippen LogP contribution in [0.1, 0.15) is 22.8 Å². The van der Waals surface area contributed by atoms with E-state index in [1.807, 2.05) is 19.1 Å². The van der Waals surface area contributed by atoms with Crippen LogP contribution in [0.3, 0.4) is 0 Å². The fourth-order valence-corrected chi connectivity index (χ4v) is 3.22. The normalized spacial score (nSPS) is 11.0. The predicted octanol–water partition coefficient (Wildman–Crippen LogP) is 2.78. The van der Waals surface area contributed by atoms with E-state index in [9.17, 15) is 14.7 Å². The number of fused-ring (bicyclic) bond motifs is 1. The third-order valence-electron chi connectivity index (χ3n) is 4.61. The van der Waals surface area contributed by atoms with Gasteiger partial charge in [0, 0.05) is 0 Å². The van der Waals surface area contributed by atoms with Crippen LogP contribution >= 0.6 is 0 Å². The third kappa shape index (κ3) is 3.22. The molecule has 0 aliphatic rings. The van der Waals surface area contributed by atoms with E-state index < -0.39 is 11.5 Å². The van der Waals surface area contributed by atoms with E-state index in [2.05, 4.69) is 25.4 Å². The maximum absolute atomic E-state index is 12.2. The molecule has 9 heteroatoms. The molecule has 0 aliphatic carbocycles. The number of rotatable bonds is 5. The summed E-state index contributed by atoms with van der Waals surface area (Å²) in [6.07, 6.45) is 0. The van der Waals surface area contributed by atoms with Crippen LogP contribution in [0.15, 0.2) is 41.2 Å². The summed E-state index contributed by atoms with van der Waals surface area (Å²) in [4.78, 5) is 30.7. The maximum Gasteiger partial charge on any atom is 0.335 e. The molecule has 0 bridgehead atoms. The molecule has 29 heavy (non-hydrogen) atoms. The predicted molar refractivity (Wildman–Crippen MR) is 106 cm³/mol. The van der Waals surface area contributed by atoms with Crippen molar-refractivity contribution < 1.29 is 14.6 Å². The number of carbonyl (C=O) groups is 1. The Bertz CT molecular complexity index is 1290. The molecular formula is C20H17N5O4. The summed E-state index contributed by atoms with van der Waals surface area (Å²) in [6.45, 7) is 4.02. The molecule has 0 unspecified atom stereocenters. The minimum absolute atomic E-state index is 0.129. The van der Waals surface area contributed by atoms with E-state index in [0.29, 0.717) is 29.3 Å². The van der Waals surface area contributed by atoms with Gasteiger partial charge in [-0.05, 0) is 48.7 Å². The van der Waals surface area contributed by atoms with Crippen LogP contribution in [0.2, 0.25) is 0 Å². The van der Waals surface area contributed by atoms with Crippen molar-refractivity contribution in [3.63, 3.8) is 0 Å². The van der Waals surface area contributed by atoms with Gasteiger partial charge < -0.3 is 14.8 Å². The molecule has 0 aliphatic heterocycles. The number of aromatic nitrogens is 5. The lowest BCUT2D eigenvalue weighted by molar-refractivity contribution is 0.0696. The number of nitrogens with one attached hydrogen (secondary N) is 2. The second-order valence-corrected chi connectivity index (χ2v) is 6.34. The molecule has 2 aromatic carbocycles. The van der Waals surface area contributed by atoms with Gasteiger partial charge in [-0.25, -0.2) is 9.78 Å². The largest absolute Gasteiger partial charge is 0.493 e. The number of benzene rings is 2. The number of aromatic amines is 2. The average molecular weight is 391 g/mol. The zero-order valence-electron chi connectivity index (χ0n) is 15.7. The monoisotopic (exact) mass is 391 g/mol. The van der Waals surface area contributed by atoms with Crippen LogP contribution in [0, 0.1) is 6.92 Å². The van der Waals surface area contributed by atoms with Gasteiger partial charge in [0.15, 0.2) is 5.52 Å². The fraction of sp³-hybridized carbons (Fsp3) is 0.150. The highest BCUT2D eigenvalue weighted by Gasteiger charge is 2.16. The molecule has 0 fully saturated rings. The summed E-state index contributed by atoms with van der Waals surface area (Å²) in [6, 6.07) is 10.5. The number of nitrogens with zero attached hydrogens (tertiary/aromatic N) is 3. The third-order valence-corrected chi connectivity index (χ3v) is 4.61. The van der Waals surface area contributed by atoms with Crippen LogP contribution in [0.25, 0.3) is 33.7 Å². The number of hydrogen-bond donors (Lipinski definition) is 3. The summed E-state index contributed by atoms with van der Waals surface area (Å²) in [5.74, 6) is -0.160. The zero-order chi connectivity index (χ0) is 20.5. The number of H-pyrrole nitrogens is 2. The van der Waals surface area contributed by atoms with Crippen LogP contribution < -0.4 is 10.3 Å². The van der Waals surface area contributed by atoms with Gasteiger partial charge in [-0.2, -0.15) is 5.21 Å². The van der Waals surface area contributed by atoms with Crippen molar-refractivity contribution in [3.8, 4) is 28.3 Å². The van der Waals surface area contributed by atoms with Crippen LogP contribution in [-0.4, -0.2) is 43.1 Å². The molecule has 0 radical (unpaired) electrons. The quantitative estimate of drug-likeness (QED) is 0.476. The number of carboxylic acids is 1. The van der Waals surface area contributed by atoms with Crippen LogP contribution in [0.5, 0.6) is 5.75 Å². The lowest BCUT2D eigenvalue weighted by Crippen LogP contribution is -2.10. The van der Waals surface area contributed by atoms with Gasteiger partial charge in [0.05, 0.1) is 17.7 Å². The Labute approximate surface area is 164 Å². The Morgan fingerprint density at radius 3 is 2.76 bits per heavy atom. The maximum atomic E-state index is 12.2. The van der Waals surface area contributed by atoms with E-state index in [-0.39, 0.29) is 16.7 Å². The highest BCUT2D eigenvalue weighted by molar-refractivity contribution is 5.92. The first-order valence-electron chi connectivity index (χ1n) is 8.91. The van der Waals surface area contributed by atoms with Gasteiger partial charge in [-0.3, -0.25) is 4.79 Å². The minimum Gasteiger partial charge on any atom is -0.493 e. The number of carboxylic acid groups (broad SMARTS) is 1. The SMILES string of the molecule is CCOc1cc(-c2cccc(C(=O)O)c2C)ccc1-c1nc2n[nH]nc2c(=O)[nH]1. The Balaban J connectivity index is 1.87. The first-order chi connectivity index (χ1) is 14.0. The van der Waals surface area contributed by atoms with Gasteiger partial charge in [0.2, 0.25) is 5.65 Å². The summed E-state index contributed by atoms with van der Waals surface area (Å²) >= 11 is 0. The summed E-state index contributed by atoms with van der Waals surface area (Å²) in [7, 11) is 0.